The molecule has 0 heterocycles. The van der Waals surface area contributed by atoms with Crippen LogP contribution >= 0.6 is 12.2 Å². The van der Waals surface area contributed by atoms with E-state index in [2.05, 4.69) is 22.9 Å². The lowest BCUT2D eigenvalue weighted by atomic mass is 10.1. The number of halogens is 3. The molecule has 0 fully saturated rings. The first kappa shape index (κ1) is 25.1. The van der Waals surface area contributed by atoms with Crippen molar-refractivity contribution in [3.05, 3.63) is 53.6 Å². The number of ether oxygens (including phenoxy) is 1. The predicted octanol–water partition coefficient (Wildman–Crippen LogP) is 5.36. The van der Waals surface area contributed by atoms with E-state index in [4.69, 9.17) is 17.0 Å². The number of methoxy groups -OCH3 is 1. The summed E-state index contributed by atoms with van der Waals surface area (Å²) in [5.41, 5.74) is -0.128. The van der Waals surface area contributed by atoms with Gasteiger partial charge in [0.1, 0.15) is 5.75 Å². The number of nitrogens with one attached hydrogen (secondary N) is 3. The largest absolute Gasteiger partial charge is 0.496 e. The third-order valence-electron chi connectivity index (χ3n) is 4.43. The Kier molecular flexibility index (Phi) is 9.01. The summed E-state index contributed by atoms with van der Waals surface area (Å²) in [7, 11) is 1.12. The lowest BCUT2D eigenvalue weighted by molar-refractivity contribution is -0.138. The summed E-state index contributed by atoms with van der Waals surface area (Å²) >= 11 is 5.07. The van der Waals surface area contributed by atoms with Gasteiger partial charge in [-0.2, -0.15) is 13.2 Å². The van der Waals surface area contributed by atoms with Crippen LogP contribution in [0.1, 0.15) is 48.5 Å². The maximum absolute atomic E-state index is 13.1. The Morgan fingerprint density at radius 3 is 2.19 bits per heavy atom. The first-order chi connectivity index (χ1) is 15.1. The first-order valence-electron chi connectivity index (χ1n) is 9.91. The van der Waals surface area contributed by atoms with Crippen molar-refractivity contribution in [2.24, 2.45) is 0 Å². The van der Waals surface area contributed by atoms with E-state index in [0.29, 0.717) is 23.9 Å². The molecule has 0 saturated carbocycles. The zero-order chi connectivity index (χ0) is 23.7. The van der Waals surface area contributed by atoms with E-state index in [9.17, 15) is 22.8 Å². The summed E-state index contributed by atoms with van der Waals surface area (Å²) in [5, 5.41) is 7.82. The van der Waals surface area contributed by atoms with E-state index >= 15 is 0 Å². The molecule has 0 aliphatic heterocycles. The molecule has 2 amide bonds. The fourth-order valence-corrected chi connectivity index (χ4v) is 3.01. The summed E-state index contributed by atoms with van der Waals surface area (Å²) in [6, 6.07) is 9.62. The molecule has 172 valence electrons. The second-order valence-corrected chi connectivity index (χ2v) is 7.31. The molecular formula is C22H24F3N3O3S. The van der Waals surface area contributed by atoms with Gasteiger partial charge in [-0.05, 0) is 61.1 Å². The summed E-state index contributed by atoms with van der Waals surface area (Å²) in [6.45, 7) is 2.06. The molecular weight excluding hydrogens is 443 g/mol. The van der Waals surface area contributed by atoms with Crippen molar-refractivity contribution >= 4 is 40.5 Å². The third kappa shape index (κ3) is 7.52. The van der Waals surface area contributed by atoms with Gasteiger partial charge in [0.05, 0.1) is 12.7 Å². The summed E-state index contributed by atoms with van der Waals surface area (Å²) < 4.78 is 44.1. The van der Waals surface area contributed by atoms with E-state index < -0.39 is 17.6 Å². The van der Waals surface area contributed by atoms with Gasteiger partial charge >= 0.3 is 6.18 Å². The lowest BCUT2D eigenvalue weighted by Crippen LogP contribution is -2.34. The summed E-state index contributed by atoms with van der Waals surface area (Å²) in [5.74, 6) is -1.25. The number of hydrogen-bond acceptors (Lipinski definition) is 4. The second kappa shape index (κ2) is 11.5. The third-order valence-corrected chi connectivity index (χ3v) is 4.63. The molecule has 0 unspecified atom stereocenters. The molecule has 0 atom stereocenters. The van der Waals surface area contributed by atoms with Crippen molar-refractivity contribution in [1.82, 2.24) is 5.32 Å². The molecule has 0 aromatic heterocycles. The molecule has 0 aliphatic rings. The van der Waals surface area contributed by atoms with E-state index in [1.807, 2.05) is 0 Å². The minimum absolute atomic E-state index is 0.0698. The summed E-state index contributed by atoms with van der Waals surface area (Å²) in [4.78, 5) is 24.2. The Labute approximate surface area is 189 Å². The molecule has 0 saturated heterocycles. The van der Waals surface area contributed by atoms with Gasteiger partial charge in [0.2, 0.25) is 5.91 Å². The number of thiocarbonyl (C=S) groups is 1. The number of anilines is 2. The average molecular weight is 468 g/mol. The number of rotatable bonds is 8. The standard InChI is InChI=1S/C22H24F3N3O3S/c1-3-4-5-6-19(29)26-15-8-10-16(11-9-15)27-21(32)28-20(30)14-7-12-18(31-2)17(13-14)22(23,24)25/h7-13H,3-6H2,1-2H3,(H,26,29)(H2,27,28,30,32). The van der Waals surface area contributed by atoms with E-state index in [1.165, 1.54) is 6.07 Å². The molecule has 6 nitrogen and oxygen atoms in total. The zero-order valence-electron chi connectivity index (χ0n) is 17.6. The Hall–Kier alpha value is -3.14. The molecule has 10 heteroatoms. The van der Waals surface area contributed by atoms with Crippen molar-refractivity contribution in [1.29, 1.82) is 0 Å². The highest BCUT2D eigenvalue weighted by Gasteiger charge is 2.35. The van der Waals surface area contributed by atoms with Gasteiger partial charge in [0, 0.05) is 23.4 Å². The summed E-state index contributed by atoms with van der Waals surface area (Å²) in [6.07, 6.45) is -1.37. The Morgan fingerprint density at radius 1 is 1.00 bits per heavy atom. The quantitative estimate of drug-likeness (QED) is 0.360. The van der Waals surface area contributed by atoms with Crippen LogP contribution in [0.15, 0.2) is 42.5 Å². The first-order valence-corrected chi connectivity index (χ1v) is 10.3. The number of carbonyl (C=O) groups is 2. The maximum Gasteiger partial charge on any atom is 0.419 e. The Bertz CT molecular complexity index is 963. The average Bonchev–Trinajstić information content (AvgIpc) is 2.74. The predicted molar refractivity (Wildman–Crippen MR) is 121 cm³/mol. The highest BCUT2D eigenvalue weighted by molar-refractivity contribution is 7.80. The highest BCUT2D eigenvalue weighted by atomic mass is 32.1. The number of amides is 2. The van der Waals surface area contributed by atoms with Crippen LogP contribution < -0.4 is 20.7 Å². The van der Waals surface area contributed by atoms with E-state index in [1.54, 1.807) is 24.3 Å². The smallest absolute Gasteiger partial charge is 0.419 e. The Balaban J connectivity index is 1.95. The topological polar surface area (TPSA) is 79.5 Å². The number of hydrogen-bond donors (Lipinski definition) is 3. The van der Waals surface area contributed by atoms with Gasteiger partial charge in [0.25, 0.3) is 5.91 Å². The van der Waals surface area contributed by atoms with Crippen molar-refractivity contribution in [2.75, 3.05) is 17.7 Å². The van der Waals surface area contributed by atoms with Gasteiger partial charge in [-0.3, -0.25) is 14.9 Å². The lowest BCUT2D eigenvalue weighted by Gasteiger charge is -2.14. The molecule has 2 aromatic carbocycles. The van der Waals surface area contributed by atoms with Crippen molar-refractivity contribution < 1.29 is 27.5 Å². The van der Waals surface area contributed by atoms with Crippen molar-refractivity contribution in [3.8, 4) is 5.75 Å². The van der Waals surface area contributed by atoms with Crippen LogP contribution in [0.5, 0.6) is 5.75 Å². The van der Waals surface area contributed by atoms with Crippen LogP contribution in [0.25, 0.3) is 0 Å². The minimum Gasteiger partial charge on any atom is -0.496 e. The zero-order valence-corrected chi connectivity index (χ0v) is 18.5. The normalized spacial score (nSPS) is 10.9. The molecule has 32 heavy (non-hydrogen) atoms. The molecule has 0 radical (unpaired) electrons. The van der Waals surface area contributed by atoms with Crippen LogP contribution in [0.4, 0.5) is 24.5 Å². The van der Waals surface area contributed by atoms with Crippen LogP contribution in [0.2, 0.25) is 0 Å². The van der Waals surface area contributed by atoms with Gasteiger partial charge in [-0.25, -0.2) is 0 Å². The van der Waals surface area contributed by atoms with Crippen LogP contribution in [-0.4, -0.2) is 24.0 Å². The molecule has 3 N–H and O–H groups in total. The van der Waals surface area contributed by atoms with Gasteiger partial charge in [0.15, 0.2) is 5.11 Å². The van der Waals surface area contributed by atoms with Gasteiger partial charge in [-0.1, -0.05) is 19.8 Å². The van der Waals surface area contributed by atoms with Crippen LogP contribution in [-0.2, 0) is 11.0 Å². The number of carbonyl (C=O) groups excluding carboxylic acids is 2. The monoisotopic (exact) mass is 467 g/mol. The fraction of sp³-hybridized carbons (Fsp3) is 0.318. The minimum atomic E-state index is -4.67. The SMILES string of the molecule is CCCCCC(=O)Nc1ccc(NC(=S)NC(=O)c2ccc(OC)c(C(F)(F)F)c2)cc1. The number of alkyl halides is 3. The molecule has 2 rings (SSSR count). The van der Waals surface area contributed by atoms with Crippen molar-refractivity contribution in [2.45, 2.75) is 38.8 Å². The van der Waals surface area contributed by atoms with E-state index in [0.717, 1.165) is 32.4 Å². The van der Waals surface area contributed by atoms with Crippen LogP contribution in [0.3, 0.4) is 0 Å². The molecule has 0 aliphatic carbocycles. The molecule has 0 bridgehead atoms. The molecule has 2 aromatic rings. The number of benzene rings is 2. The Morgan fingerprint density at radius 2 is 1.62 bits per heavy atom. The van der Waals surface area contributed by atoms with Gasteiger partial charge in [-0.15, -0.1) is 0 Å². The highest BCUT2D eigenvalue weighted by Crippen LogP contribution is 2.36. The maximum atomic E-state index is 13.1. The van der Waals surface area contributed by atoms with Gasteiger partial charge < -0.3 is 15.4 Å². The van der Waals surface area contributed by atoms with Crippen molar-refractivity contribution in [3.63, 3.8) is 0 Å². The van der Waals surface area contributed by atoms with Crippen LogP contribution in [0, 0.1) is 0 Å². The van der Waals surface area contributed by atoms with E-state index in [-0.39, 0.29) is 22.3 Å². The molecule has 0 spiro atoms. The second-order valence-electron chi connectivity index (χ2n) is 6.90. The fourth-order valence-electron chi connectivity index (χ4n) is 2.80. The number of unbranched alkanes of at least 4 members (excludes halogenated alkanes) is 2.